The Morgan fingerprint density at radius 3 is 2.50 bits per heavy atom. The van der Waals surface area contributed by atoms with Gasteiger partial charge in [-0.15, -0.1) is 0 Å². The fraction of sp³-hybridized carbons (Fsp3) is 0.111. The summed E-state index contributed by atoms with van der Waals surface area (Å²) in [4.78, 5) is 23.2. The van der Waals surface area contributed by atoms with E-state index in [0.29, 0.717) is 6.07 Å². The Hall–Kier alpha value is -1.78. The predicted octanol–water partition coefficient (Wildman–Crippen LogP) is 1.12. The molecule has 0 N–H and O–H groups in total. The zero-order valence-corrected chi connectivity index (χ0v) is 7.17. The Morgan fingerprint density at radius 2 is 1.86 bits per heavy atom. The van der Waals surface area contributed by atoms with Crippen molar-refractivity contribution in [1.29, 1.82) is 0 Å². The van der Waals surface area contributed by atoms with Crippen molar-refractivity contribution in [3.63, 3.8) is 0 Å². The van der Waals surface area contributed by atoms with Crippen LogP contribution in [0.4, 0.5) is 14.5 Å². The minimum Gasteiger partial charge on any atom is -0.305 e. The Balaban J connectivity index is 2.75. The van der Waals surface area contributed by atoms with Crippen molar-refractivity contribution >= 4 is 17.4 Å². The number of amides is 1. The molecule has 1 aliphatic rings. The SMILES string of the molecule is CN1C(=O)C(=O)c2cc(F)cc(F)c21. The molecule has 1 heterocycles. The van der Waals surface area contributed by atoms with Crippen LogP contribution in [-0.2, 0) is 4.79 Å². The van der Waals surface area contributed by atoms with Crippen LogP contribution in [0.2, 0.25) is 0 Å². The highest BCUT2D eigenvalue weighted by Gasteiger charge is 2.36. The third-order valence-corrected chi connectivity index (χ3v) is 2.11. The monoisotopic (exact) mass is 197 g/mol. The van der Waals surface area contributed by atoms with E-state index in [1.165, 1.54) is 7.05 Å². The molecule has 0 unspecified atom stereocenters. The van der Waals surface area contributed by atoms with Gasteiger partial charge in [-0.25, -0.2) is 8.78 Å². The summed E-state index contributed by atoms with van der Waals surface area (Å²) >= 11 is 0. The van der Waals surface area contributed by atoms with Gasteiger partial charge in [0, 0.05) is 13.1 Å². The minimum atomic E-state index is -0.901. The van der Waals surface area contributed by atoms with Gasteiger partial charge >= 0.3 is 0 Å². The number of hydrogen-bond donors (Lipinski definition) is 0. The molecule has 2 rings (SSSR count). The largest absolute Gasteiger partial charge is 0.305 e. The summed E-state index contributed by atoms with van der Waals surface area (Å²) in [6.07, 6.45) is 0. The first-order valence-corrected chi connectivity index (χ1v) is 3.84. The second kappa shape index (κ2) is 2.60. The van der Waals surface area contributed by atoms with E-state index in [0.717, 1.165) is 11.0 Å². The number of nitrogens with zero attached hydrogens (tertiary/aromatic N) is 1. The highest BCUT2D eigenvalue weighted by atomic mass is 19.1. The van der Waals surface area contributed by atoms with E-state index in [2.05, 4.69) is 0 Å². The lowest BCUT2D eigenvalue weighted by Crippen LogP contribution is -2.25. The number of fused-ring (bicyclic) bond motifs is 1. The van der Waals surface area contributed by atoms with Gasteiger partial charge < -0.3 is 4.90 Å². The summed E-state index contributed by atoms with van der Waals surface area (Å²) in [5.74, 6) is -3.48. The van der Waals surface area contributed by atoms with Gasteiger partial charge in [0.25, 0.3) is 11.7 Å². The highest BCUT2D eigenvalue weighted by Crippen LogP contribution is 2.31. The summed E-state index contributed by atoms with van der Waals surface area (Å²) < 4.78 is 25.9. The van der Waals surface area contributed by atoms with Crippen LogP contribution >= 0.6 is 0 Å². The van der Waals surface area contributed by atoms with Gasteiger partial charge in [0.05, 0.1) is 11.3 Å². The van der Waals surface area contributed by atoms with Gasteiger partial charge in [0.2, 0.25) is 0 Å². The number of likely N-dealkylation sites (N-methyl/N-ethyl adjacent to an activating group) is 1. The summed E-state index contributed by atoms with van der Waals surface area (Å²) in [5.41, 5.74) is -0.364. The molecule has 0 aromatic heterocycles. The van der Waals surface area contributed by atoms with Gasteiger partial charge in [-0.1, -0.05) is 0 Å². The van der Waals surface area contributed by atoms with Crippen LogP contribution in [0.25, 0.3) is 0 Å². The number of rotatable bonds is 0. The Labute approximate surface area is 77.9 Å². The molecule has 1 aliphatic heterocycles. The molecule has 0 bridgehead atoms. The average molecular weight is 197 g/mol. The quantitative estimate of drug-likeness (QED) is 0.584. The zero-order chi connectivity index (χ0) is 10.5. The van der Waals surface area contributed by atoms with E-state index in [-0.39, 0.29) is 11.3 Å². The van der Waals surface area contributed by atoms with E-state index in [4.69, 9.17) is 0 Å². The lowest BCUT2D eigenvalue weighted by molar-refractivity contribution is -0.114. The fourth-order valence-corrected chi connectivity index (χ4v) is 1.45. The Morgan fingerprint density at radius 1 is 1.21 bits per heavy atom. The maximum atomic E-state index is 13.2. The van der Waals surface area contributed by atoms with Crippen molar-refractivity contribution in [1.82, 2.24) is 0 Å². The molecular weight excluding hydrogens is 192 g/mol. The van der Waals surface area contributed by atoms with Crippen molar-refractivity contribution < 1.29 is 18.4 Å². The number of Topliss-reactive ketones (excluding diaryl/α,β-unsaturated/α-hetero) is 1. The molecule has 14 heavy (non-hydrogen) atoms. The number of carbonyl (C=O) groups is 2. The third kappa shape index (κ3) is 0.951. The Bertz CT molecular complexity index is 456. The minimum absolute atomic E-state index is 0.151. The fourth-order valence-electron chi connectivity index (χ4n) is 1.45. The molecular formula is C9H5F2NO2. The maximum Gasteiger partial charge on any atom is 0.299 e. The molecule has 0 fully saturated rings. The molecule has 72 valence electrons. The second-order valence-corrected chi connectivity index (χ2v) is 2.98. The predicted molar refractivity (Wildman–Crippen MR) is 44.1 cm³/mol. The molecule has 0 radical (unpaired) electrons. The van der Waals surface area contributed by atoms with Crippen LogP contribution in [0.1, 0.15) is 10.4 Å². The van der Waals surface area contributed by atoms with E-state index in [9.17, 15) is 18.4 Å². The summed E-state index contributed by atoms with van der Waals surface area (Å²) in [6, 6.07) is 1.50. The molecule has 1 aromatic carbocycles. The van der Waals surface area contributed by atoms with E-state index in [1.54, 1.807) is 0 Å². The zero-order valence-electron chi connectivity index (χ0n) is 7.17. The van der Waals surface area contributed by atoms with Crippen LogP contribution in [0.3, 0.4) is 0 Å². The number of halogens is 2. The Kier molecular flexibility index (Phi) is 1.64. The molecule has 0 atom stereocenters. The first-order valence-electron chi connectivity index (χ1n) is 3.84. The van der Waals surface area contributed by atoms with Crippen LogP contribution < -0.4 is 4.90 Å². The number of ketones is 1. The van der Waals surface area contributed by atoms with Crippen LogP contribution in [-0.4, -0.2) is 18.7 Å². The topological polar surface area (TPSA) is 37.4 Å². The van der Waals surface area contributed by atoms with Gasteiger partial charge in [0.15, 0.2) is 5.82 Å². The van der Waals surface area contributed by atoms with E-state index in [1.807, 2.05) is 0 Å². The van der Waals surface area contributed by atoms with Gasteiger partial charge in [-0.2, -0.15) is 0 Å². The average Bonchev–Trinajstić information content (AvgIpc) is 2.31. The standard InChI is InChI=1S/C9H5F2NO2/c1-12-7-5(8(13)9(12)14)2-4(10)3-6(7)11/h2-3H,1H3. The molecule has 0 aliphatic carbocycles. The lowest BCUT2D eigenvalue weighted by Gasteiger charge is -2.08. The first-order chi connectivity index (χ1) is 6.52. The van der Waals surface area contributed by atoms with Crippen molar-refractivity contribution in [3.8, 4) is 0 Å². The van der Waals surface area contributed by atoms with Crippen molar-refractivity contribution in [2.45, 2.75) is 0 Å². The normalized spacial score (nSPS) is 14.9. The third-order valence-electron chi connectivity index (χ3n) is 2.11. The van der Waals surface area contributed by atoms with Crippen molar-refractivity contribution in [2.24, 2.45) is 0 Å². The number of hydrogen-bond acceptors (Lipinski definition) is 2. The number of benzene rings is 1. The number of carbonyl (C=O) groups excluding carboxylic acids is 2. The maximum absolute atomic E-state index is 13.2. The van der Waals surface area contributed by atoms with Gasteiger partial charge in [0.1, 0.15) is 5.82 Å². The van der Waals surface area contributed by atoms with Crippen molar-refractivity contribution in [3.05, 3.63) is 29.3 Å². The molecule has 3 nitrogen and oxygen atoms in total. The molecule has 0 spiro atoms. The summed E-state index contributed by atoms with van der Waals surface area (Å²) in [6.45, 7) is 0. The van der Waals surface area contributed by atoms with Gasteiger partial charge in [-0.3, -0.25) is 9.59 Å². The summed E-state index contributed by atoms with van der Waals surface area (Å²) in [5, 5.41) is 0. The number of anilines is 1. The lowest BCUT2D eigenvalue weighted by atomic mass is 10.1. The smallest absolute Gasteiger partial charge is 0.299 e. The highest BCUT2D eigenvalue weighted by molar-refractivity contribution is 6.52. The molecule has 0 saturated heterocycles. The molecule has 1 amide bonds. The van der Waals surface area contributed by atoms with Crippen LogP contribution in [0.5, 0.6) is 0 Å². The van der Waals surface area contributed by atoms with Crippen LogP contribution in [0, 0.1) is 11.6 Å². The van der Waals surface area contributed by atoms with Crippen molar-refractivity contribution in [2.75, 3.05) is 11.9 Å². The molecule has 1 aromatic rings. The molecule has 0 saturated carbocycles. The first kappa shape index (κ1) is 8.80. The second-order valence-electron chi connectivity index (χ2n) is 2.98. The summed E-state index contributed by atoms with van der Waals surface area (Å²) in [7, 11) is 1.27. The van der Waals surface area contributed by atoms with Crippen LogP contribution in [0.15, 0.2) is 12.1 Å². The van der Waals surface area contributed by atoms with E-state index >= 15 is 0 Å². The van der Waals surface area contributed by atoms with Gasteiger partial charge in [-0.05, 0) is 6.07 Å². The molecule has 5 heteroatoms. The van der Waals surface area contributed by atoms with E-state index < -0.39 is 23.3 Å².